The molecule has 4 aliphatic rings. The van der Waals surface area contributed by atoms with Crippen LogP contribution in [0.2, 0.25) is 0 Å². The number of pyridine rings is 4. The fourth-order valence-corrected chi connectivity index (χ4v) is 18.4. The van der Waals surface area contributed by atoms with Crippen LogP contribution in [0.3, 0.4) is 0 Å². The minimum absolute atomic E-state index is 0.256. The number of rotatable bonds is 25. The van der Waals surface area contributed by atoms with Crippen LogP contribution in [0.4, 0.5) is 45.5 Å². The molecule has 0 spiro atoms. The van der Waals surface area contributed by atoms with E-state index in [9.17, 15) is 0 Å². The Labute approximate surface area is 517 Å². The predicted octanol–water partition coefficient (Wildman–Crippen LogP) is 18.1. The average molecular weight is 1190 g/mol. The standard InChI is InChI=1S/C70H82N10S4/c1-51(75-55-25-15-19-29-63(55)81-67-33-37-71-43-59(67)75)47-79(5,48-52(2)76-56-26-16-20-30-64(56)82-68-34-38-72-44-60(68)76)41-23-13-11-9-7-8-10-12-14-24-42-80(6,49-53(3)77-57-27-17-21-31-65(57)83-69-35-39-73-45-61(69)77)50-54(4)78-58-28-18-22-32-66(58)84-70-36-40-74-46-62(70)78/h15-22,25-40,43-46,51-54H,7-14,23-24,41-42,47-50H2,1-6H3/q+2. The second-order valence-electron chi connectivity index (χ2n) is 24.5. The molecule has 0 radical (unpaired) electrons. The molecule has 12 rings (SSSR count). The summed E-state index contributed by atoms with van der Waals surface area (Å²) in [6.45, 7) is 16.1. The summed E-state index contributed by atoms with van der Waals surface area (Å²) >= 11 is 7.46. The number of anilines is 8. The molecule has 4 aromatic carbocycles. The Kier molecular flexibility index (Phi) is 18.3. The third kappa shape index (κ3) is 12.8. The number of aromatic nitrogens is 4. The van der Waals surface area contributed by atoms with Gasteiger partial charge in [0.25, 0.3) is 0 Å². The molecule has 0 bridgehead atoms. The molecule has 4 aromatic heterocycles. The molecule has 84 heavy (non-hydrogen) atoms. The van der Waals surface area contributed by atoms with Crippen LogP contribution < -0.4 is 19.6 Å². The van der Waals surface area contributed by atoms with Crippen LogP contribution in [-0.2, 0) is 0 Å². The number of fused-ring (bicyclic) bond motifs is 8. The van der Waals surface area contributed by atoms with Crippen molar-refractivity contribution in [1.29, 1.82) is 0 Å². The predicted molar refractivity (Wildman–Crippen MR) is 353 cm³/mol. The highest BCUT2D eigenvalue weighted by Gasteiger charge is 2.39. The molecule has 0 aliphatic carbocycles. The van der Waals surface area contributed by atoms with E-state index in [-0.39, 0.29) is 24.2 Å². The van der Waals surface area contributed by atoms with Gasteiger partial charge in [0, 0.05) is 64.0 Å². The van der Waals surface area contributed by atoms with Crippen LogP contribution in [0.1, 0.15) is 91.9 Å². The normalized spacial score (nSPS) is 16.7. The lowest BCUT2D eigenvalue weighted by Gasteiger charge is -2.45. The Bertz CT molecular complexity index is 2920. The maximum atomic E-state index is 4.65. The van der Waals surface area contributed by atoms with Crippen LogP contribution in [0.5, 0.6) is 0 Å². The average Bonchev–Trinajstić information content (AvgIpc) is 3.62. The minimum Gasteiger partial charge on any atom is -0.330 e. The van der Waals surface area contributed by atoms with Crippen molar-refractivity contribution in [2.45, 2.75) is 155 Å². The third-order valence-electron chi connectivity index (χ3n) is 17.7. The number of benzene rings is 4. The number of unbranched alkanes of at least 4 members (excludes halogenated alkanes) is 9. The molecule has 0 N–H and O–H groups in total. The monoisotopic (exact) mass is 1190 g/mol. The number of para-hydroxylation sites is 4. The van der Waals surface area contributed by atoms with E-state index in [2.05, 4.69) is 227 Å². The molecule has 8 aromatic rings. The fraction of sp³-hybridized carbons (Fsp3) is 0.371. The Morgan fingerprint density at radius 1 is 0.298 bits per heavy atom. The number of likely N-dealkylation sites (N-methyl/N-ethyl adjacent to an activating group) is 2. The van der Waals surface area contributed by atoms with E-state index in [1.165, 1.54) is 149 Å². The molecule has 0 fully saturated rings. The van der Waals surface area contributed by atoms with Gasteiger partial charge in [0.2, 0.25) is 0 Å². The van der Waals surface area contributed by atoms with Crippen molar-refractivity contribution in [2.24, 2.45) is 0 Å². The van der Waals surface area contributed by atoms with Crippen molar-refractivity contribution in [1.82, 2.24) is 19.9 Å². The summed E-state index contributed by atoms with van der Waals surface area (Å²) in [4.78, 5) is 39.3. The molecule has 4 aliphatic heterocycles. The molecule has 4 unspecified atom stereocenters. The zero-order chi connectivity index (χ0) is 57.6. The molecule has 0 amide bonds. The second-order valence-corrected chi connectivity index (χ2v) is 28.8. The van der Waals surface area contributed by atoms with Crippen molar-refractivity contribution in [3.8, 4) is 0 Å². The molecule has 0 saturated heterocycles. The van der Waals surface area contributed by atoms with Gasteiger partial charge in [0.05, 0.1) is 148 Å². The van der Waals surface area contributed by atoms with E-state index < -0.39 is 0 Å². The van der Waals surface area contributed by atoms with E-state index in [0.717, 1.165) is 48.2 Å². The molecular formula is C70H82N10S4+2. The van der Waals surface area contributed by atoms with E-state index in [0.29, 0.717) is 0 Å². The lowest BCUT2D eigenvalue weighted by molar-refractivity contribution is -0.910. The van der Waals surface area contributed by atoms with E-state index in [4.69, 9.17) is 0 Å². The van der Waals surface area contributed by atoms with Gasteiger partial charge in [-0.1, -0.05) is 134 Å². The highest BCUT2D eigenvalue weighted by molar-refractivity contribution is 8.00. The van der Waals surface area contributed by atoms with E-state index in [1.54, 1.807) is 0 Å². The quantitative estimate of drug-likeness (QED) is 0.0404. The molecule has 434 valence electrons. The molecular weight excluding hydrogens is 1110 g/mol. The van der Waals surface area contributed by atoms with Crippen LogP contribution in [0.15, 0.2) is 210 Å². The van der Waals surface area contributed by atoms with Gasteiger partial charge in [0.1, 0.15) is 0 Å². The summed E-state index contributed by atoms with van der Waals surface area (Å²) < 4.78 is 1.96. The van der Waals surface area contributed by atoms with Gasteiger partial charge < -0.3 is 28.6 Å². The SMILES string of the molecule is CC(C[N+](C)(CCCCCCCCCCCC[N+](C)(CC(C)N1c2ccccc2Sc2ccncc21)CC(C)N1c2ccccc2Sc2ccncc21)CC(C)N1c2ccccc2Sc2ccncc21)N1c2ccccc2Sc2ccncc21. The van der Waals surface area contributed by atoms with Crippen molar-refractivity contribution in [2.75, 3.05) is 73.0 Å². The van der Waals surface area contributed by atoms with Crippen molar-refractivity contribution in [3.63, 3.8) is 0 Å². The molecule has 4 atom stereocenters. The first kappa shape index (κ1) is 58.4. The summed E-state index contributed by atoms with van der Waals surface area (Å²) in [5.74, 6) is 0. The first-order chi connectivity index (χ1) is 41.0. The van der Waals surface area contributed by atoms with Gasteiger partial charge in [-0.05, 0) is 126 Å². The van der Waals surface area contributed by atoms with Crippen LogP contribution in [0, 0.1) is 0 Å². The summed E-state index contributed by atoms with van der Waals surface area (Å²) in [5.41, 5.74) is 10.0. The fourth-order valence-electron chi connectivity index (χ4n) is 14.2. The zero-order valence-corrected chi connectivity index (χ0v) is 53.2. The minimum atomic E-state index is 0.256. The van der Waals surface area contributed by atoms with Gasteiger partial charge in [-0.15, -0.1) is 0 Å². The highest BCUT2D eigenvalue weighted by Crippen LogP contribution is 2.53. The Hall–Kier alpha value is -6.00. The molecule has 8 heterocycles. The Balaban J connectivity index is 0.670. The first-order valence-electron chi connectivity index (χ1n) is 30.7. The number of quaternary nitrogens is 2. The van der Waals surface area contributed by atoms with Crippen molar-refractivity contribution >= 4 is 92.5 Å². The Morgan fingerprint density at radius 2 is 0.512 bits per heavy atom. The summed E-state index contributed by atoms with van der Waals surface area (Å²) in [7, 11) is 5.07. The van der Waals surface area contributed by atoms with E-state index in [1.807, 2.05) is 71.8 Å². The van der Waals surface area contributed by atoms with Crippen molar-refractivity contribution in [3.05, 3.63) is 171 Å². The molecule has 0 saturated carbocycles. The first-order valence-corrected chi connectivity index (χ1v) is 34.0. The zero-order valence-electron chi connectivity index (χ0n) is 49.9. The van der Waals surface area contributed by atoms with Crippen LogP contribution in [0.25, 0.3) is 0 Å². The van der Waals surface area contributed by atoms with Gasteiger partial charge >= 0.3 is 0 Å². The van der Waals surface area contributed by atoms with Crippen LogP contribution >= 0.6 is 47.0 Å². The third-order valence-corrected chi connectivity index (χ3v) is 22.2. The topological polar surface area (TPSA) is 64.5 Å². The van der Waals surface area contributed by atoms with Crippen molar-refractivity contribution < 1.29 is 8.97 Å². The van der Waals surface area contributed by atoms with Gasteiger partial charge in [-0.3, -0.25) is 19.9 Å². The lowest BCUT2D eigenvalue weighted by atomic mass is 10.0. The van der Waals surface area contributed by atoms with Crippen LogP contribution in [-0.4, -0.2) is 106 Å². The summed E-state index contributed by atoms with van der Waals surface area (Å²) in [6.07, 6.45) is 28.9. The summed E-state index contributed by atoms with van der Waals surface area (Å²) in [6, 6.07) is 45.5. The number of nitrogens with zero attached hydrogens (tertiary/aromatic N) is 10. The maximum Gasteiger partial charge on any atom is 0.0993 e. The van der Waals surface area contributed by atoms with Gasteiger partial charge in [-0.25, -0.2) is 0 Å². The smallest absolute Gasteiger partial charge is 0.0993 e. The van der Waals surface area contributed by atoms with Gasteiger partial charge in [0.15, 0.2) is 0 Å². The number of hydrogen-bond donors (Lipinski definition) is 0. The molecule has 14 heteroatoms. The largest absolute Gasteiger partial charge is 0.330 e. The summed E-state index contributed by atoms with van der Waals surface area (Å²) in [5, 5.41) is 0. The lowest BCUT2D eigenvalue weighted by Crippen LogP contribution is -2.57. The Morgan fingerprint density at radius 3 is 0.762 bits per heavy atom. The number of hydrogen-bond acceptors (Lipinski definition) is 12. The van der Waals surface area contributed by atoms with Gasteiger partial charge in [-0.2, -0.15) is 0 Å². The molecule has 10 nitrogen and oxygen atoms in total. The maximum absolute atomic E-state index is 4.65. The highest BCUT2D eigenvalue weighted by atomic mass is 32.2. The second kappa shape index (κ2) is 26.3. The van der Waals surface area contributed by atoms with E-state index >= 15 is 0 Å².